The van der Waals surface area contributed by atoms with Crippen molar-refractivity contribution in [3.05, 3.63) is 24.2 Å². The maximum atomic E-state index is 5.79. The number of nitrogens with two attached hydrogens (primary N) is 1. The molecule has 1 atom stereocenters. The summed E-state index contributed by atoms with van der Waals surface area (Å²) >= 11 is 0. The Morgan fingerprint density at radius 1 is 1.58 bits per heavy atom. The summed E-state index contributed by atoms with van der Waals surface area (Å²) in [6, 6.07) is 2.03. The fraction of sp³-hybridized carbons (Fsp3) is 0.600. The molecule has 0 spiro atoms. The van der Waals surface area contributed by atoms with Gasteiger partial charge in [0.05, 0.1) is 12.5 Å². The molecule has 2 rings (SSSR count). The Hall–Kier alpha value is -0.760. The second-order valence-corrected chi connectivity index (χ2v) is 4.36. The minimum atomic E-state index is 0.194. The molecule has 1 aromatic heterocycles. The highest BCUT2D eigenvalue weighted by molar-refractivity contribution is 5.34. The topological polar surface area (TPSA) is 39.2 Å². The van der Waals surface area contributed by atoms with Crippen LogP contribution in [-0.4, -0.2) is 6.54 Å². The van der Waals surface area contributed by atoms with Crippen LogP contribution in [-0.2, 0) is 5.41 Å². The van der Waals surface area contributed by atoms with Crippen molar-refractivity contribution in [2.45, 2.75) is 25.7 Å². The van der Waals surface area contributed by atoms with Gasteiger partial charge in [0.25, 0.3) is 0 Å². The Kier molecular flexibility index (Phi) is 1.40. The van der Waals surface area contributed by atoms with Crippen molar-refractivity contribution in [1.82, 2.24) is 0 Å². The van der Waals surface area contributed by atoms with Gasteiger partial charge in [-0.15, -0.1) is 0 Å². The minimum Gasteiger partial charge on any atom is -0.472 e. The number of hydrogen-bond acceptors (Lipinski definition) is 2. The van der Waals surface area contributed by atoms with Gasteiger partial charge in [0.15, 0.2) is 0 Å². The summed E-state index contributed by atoms with van der Waals surface area (Å²) in [5.74, 6) is 0. The Bertz CT molecular complexity index is 276. The van der Waals surface area contributed by atoms with Crippen LogP contribution in [0, 0.1) is 5.41 Å². The van der Waals surface area contributed by atoms with Gasteiger partial charge in [0.1, 0.15) is 0 Å². The van der Waals surface area contributed by atoms with E-state index in [1.54, 1.807) is 6.26 Å². The highest BCUT2D eigenvalue weighted by Crippen LogP contribution is 2.63. The third-order valence-electron chi connectivity index (χ3n) is 3.34. The molecule has 1 saturated carbocycles. The van der Waals surface area contributed by atoms with Crippen molar-refractivity contribution in [3.63, 3.8) is 0 Å². The first-order valence-corrected chi connectivity index (χ1v) is 4.35. The van der Waals surface area contributed by atoms with Crippen molar-refractivity contribution in [1.29, 1.82) is 0 Å². The van der Waals surface area contributed by atoms with Crippen molar-refractivity contribution >= 4 is 0 Å². The molecule has 1 unspecified atom stereocenters. The zero-order chi connectivity index (χ0) is 8.82. The molecule has 2 N–H and O–H groups in total. The molecule has 2 heteroatoms. The standard InChI is InChI=1S/C10H15NO/c1-9(2)6-10(9,7-11)8-3-4-12-5-8/h3-5H,6-7,11H2,1-2H3. The monoisotopic (exact) mass is 165 g/mol. The molecule has 66 valence electrons. The van der Waals surface area contributed by atoms with Crippen LogP contribution in [0.15, 0.2) is 23.0 Å². The number of rotatable bonds is 2. The normalized spacial score (nSPS) is 31.9. The third-order valence-corrected chi connectivity index (χ3v) is 3.34. The summed E-state index contributed by atoms with van der Waals surface area (Å²) in [7, 11) is 0. The average Bonchev–Trinajstić information content (AvgIpc) is 2.52. The quantitative estimate of drug-likeness (QED) is 0.727. The lowest BCUT2D eigenvalue weighted by atomic mass is 9.90. The van der Waals surface area contributed by atoms with E-state index in [2.05, 4.69) is 13.8 Å². The molecule has 0 radical (unpaired) electrons. The zero-order valence-electron chi connectivity index (χ0n) is 7.63. The van der Waals surface area contributed by atoms with Crippen LogP contribution in [0.2, 0.25) is 0 Å². The maximum Gasteiger partial charge on any atom is 0.0940 e. The lowest BCUT2D eigenvalue weighted by Gasteiger charge is -2.15. The molecule has 0 aliphatic heterocycles. The van der Waals surface area contributed by atoms with Crippen molar-refractivity contribution in [2.75, 3.05) is 6.54 Å². The summed E-state index contributed by atoms with van der Waals surface area (Å²) in [6.07, 6.45) is 4.72. The van der Waals surface area contributed by atoms with Gasteiger partial charge < -0.3 is 10.2 Å². The molecule has 2 nitrogen and oxygen atoms in total. The second kappa shape index (κ2) is 2.13. The van der Waals surface area contributed by atoms with Gasteiger partial charge in [0.2, 0.25) is 0 Å². The van der Waals surface area contributed by atoms with Crippen LogP contribution < -0.4 is 5.73 Å². The molecule has 0 bridgehead atoms. The van der Waals surface area contributed by atoms with Crippen LogP contribution >= 0.6 is 0 Å². The SMILES string of the molecule is CC1(C)CC1(CN)c1ccoc1. The molecule has 12 heavy (non-hydrogen) atoms. The molecule has 1 fully saturated rings. The Balaban J connectivity index is 2.34. The molecule has 1 aliphatic carbocycles. The van der Waals surface area contributed by atoms with E-state index in [1.165, 1.54) is 12.0 Å². The van der Waals surface area contributed by atoms with Gasteiger partial charge in [-0.3, -0.25) is 0 Å². The van der Waals surface area contributed by atoms with Crippen molar-refractivity contribution < 1.29 is 4.42 Å². The third kappa shape index (κ3) is 0.787. The average molecular weight is 165 g/mol. The molecule has 0 amide bonds. The van der Waals surface area contributed by atoms with E-state index in [0.29, 0.717) is 5.41 Å². The lowest BCUT2D eigenvalue weighted by molar-refractivity contribution is 0.492. The summed E-state index contributed by atoms with van der Waals surface area (Å²) in [5, 5.41) is 0. The van der Waals surface area contributed by atoms with Gasteiger partial charge in [-0.05, 0) is 23.5 Å². The van der Waals surface area contributed by atoms with E-state index in [0.717, 1.165) is 6.54 Å². The van der Waals surface area contributed by atoms with Gasteiger partial charge in [-0.25, -0.2) is 0 Å². The van der Waals surface area contributed by atoms with E-state index in [4.69, 9.17) is 10.2 Å². The second-order valence-electron chi connectivity index (χ2n) is 4.36. The van der Waals surface area contributed by atoms with Gasteiger partial charge >= 0.3 is 0 Å². The first-order valence-electron chi connectivity index (χ1n) is 4.35. The minimum absolute atomic E-state index is 0.194. The molecule has 1 aromatic rings. The maximum absolute atomic E-state index is 5.79. The van der Waals surface area contributed by atoms with Crippen LogP contribution in [0.3, 0.4) is 0 Å². The van der Waals surface area contributed by atoms with Crippen LogP contribution in [0.5, 0.6) is 0 Å². The highest BCUT2D eigenvalue weighted by atomic mass is 16.3. The van der Waals surface area contributed by atoms with Gasteiger partial charge in [-0.1, -0.05) is 13.8 Å². The molecule has 1 heterocycles. The zero-order valence-corrected chi connectivity index (χ0v) is 7.63. The van der Waals surface area contributed by atoms with Gasteiger partial charge in [0, 0.05) is 12.0 Å². The summed E-state index contributed by atoms with van der Waals surface area (Å²) in [6.45, 7) is 5.24. The fourth-order valence-corrected chi connectivity index (χ4v) is 2.21. The summed E-state index contributed by atoms with van der Waals surface area (Å²) < 4.78 is 5.08. The summed E-state index contributed by atoms with van der Waals surface area (Å²) in [5.41, 5.74) is 7.60. The predicted molar refractivity (Wildman–Crippen MR) is 47.8 cm³/mol. The van der Waals surface area contributed by atoms with E-state index < -0.39 is 0 Å². The molecule has 0 aromatic carbocycles. The molecular formula is C10H15NO. The molecule has 0 saturated heterocycles. The first kappa shape index (κ1) is 7.87. The number of hydrogen-bond donors (Lipinski definition) is 1. The smallest absolute Gasteiger partial charge is 0.0940 e. The lowest BCUT2D eigenvalue weighted by Crippen LogP contribution is -2.24. The van der Waals surface area contributed by atoms with Crippen molar-refractivity contribution in [2.24, 2.45) is 11.1 Å². The van der Waals surface area contributed by atoms with E-state index in [1.807, 2.05) is 12.3 Å². The van der Waals surface area contributed by atoms with Crippen LogP contribution in [0.1, 0.15) is 25.8 Å². The Morgan fingerprint density at radius 3 is 2.58 bits per heavy atom. The predicted octanol–water partition coefficient (Wildman–Crippen LogP) is 1.91. The Morgan fingerprint density at radius 2 is 2.25 bits per heavy atom. The summed E-state index contributed by atoms with van der Waals surface area (Å²) in [4.78, 5) is 0. The fourth-order valence-electron chi connectivity index (χ4n) is 2.21. The first-order chi connectivity index (χ1) is 5.62. The van der Waals surface area contributed by atoms with E-state index >= 15 is 0 Å². The van der Waals surface area contributed by atoms with E-state index in [9.17, 15) is 0 Å². The van der Waals surface area contributed by atoms with E-state index in [-0.39, 0.29) is 5.41 Å². The van der Waals surface area contributed by atoms with Crippen molar-refractivity contribution in [3.8, 4) is 0 Å². The highest BCUT2D eigenvalue weighted by Gasteiger charge is 2.61. The largest absolute Gasteiger partial charge is 0.472 e. The Labute approximate surface area is 72.7 Å². The molecule has 1 aliphatic rings. The number of furan rings is 1. The van der Waals surface area contributed by atoms with Gasteiger partial charge in [-0.2, -0.15) is 0 Å². The molecular weight excluding hydrogens is 150 g/mol. The van der Waals surface area contributed by atoms with Crippen LogP contribution in [0.4, 0.5) is 0 Å². The van der Waals surface area contributed by atoms with Crippen LogP contribution in [0.25, 0.3) is 0 Å².